The molecular weight excluding hydrogens is 245 g/mol. The van der Waals surface area contributed by atoms with E-state index in [1.807, 2.05) is 0 Å². The number of hydrogen-bond acceptors (Lipinski definition) is 2. The topological polar surface area (TPSA) is 40.5 Å². The average molecular weight is 263 g/mol. The molecule has 1 saturated heterocycles. The highest BCUT2D eigenvalue weighted by Crippen LogP contribution is 2.19. The molecule has 1 aromatic rings. The van der Waals surface area contributed by atoms with Crippen LogP contribution in [0.25, 0.3) is 6.08 Å². The maximum absolute atomic E-state index is 12.7. The first-order valence-electron chi connectivity index (χ1n) is 6.52. The van der Waals surface area contributed by atoms with Crippen LogP contribution in [0.5, 0.6) is 0 Å². The smallest absolute Gasteiger partial charge is 0.246 e. The molecule has 1 N–H and O–H groups in total. The number of likely N-dealkylation sites (tertiary alicyclic amines) is 1. The van der Waals surface area contributed by atoms with E-state index >= 15 is 0 Å². The van der Waals surface area contributed by atoms with Crippen molar-refractivity contribution in [2.24, 2.45) is 5.92 Å². The molecule has 0 bridgehead atoms. The minimum atomic E-state index is -0.283. The summed E-state index contributed by atoms with van der Waals surface area (Å²) in [5, 5.41) is 8.88. The summed E-state index contributed by atoms with van der Waals surface area (Å²) in [6.07, 6.45) is 4.93. The van der Waals surface area contributed by atoms with E-state index in [1.54, 1.807) is 23.1 Å². The Hall–Kier alpha value is -1.68. The quantitative estimate of drug-likeness (QED) is 0.845. The lowest BCUT2D eigenvalue weighted by atomic mass is 10.1. The van der Waals surface area contributed by atoms with Gasteiger partial charge in [-0.05, 0) is 42.5 Å². The highest BCUT2D eigenvalue weighted by atomic mass is 19.1. The molecule has 2 rings (SSSR count). The molecule has 0 aromatic heterocycles. The number of amides is 1. The molecule has 0 aliphatic carbocycles. The van der Waals surface area contributed by atoms with Crippen molar-refractivity contribution in [3.05, 3.63) is 41.7 Å². The van der Waals surface area contributed by atoms with E-state index in [-0.39, 0.29) is 18.3 Å². The minimum Gasteiger partial charge on any atom is -0.396 e. The first-order valence-corrected chi connectivity index (χ1v) is 6.52. The molecule has 1 aliphatic heterocycles. The third-order valence-electron chi connectivity index (χ3n) is 3.42. The van der Waals surface area contributed by atoms with Gasteiger partial charge in [-0.15, -0.1) is 0 Å². The molecule has 0 saturated carbocycles. The van der Waals surface area contributed by atoms with Gasteiger partial charge in [0.05, 0.1) is 0 Å². The Morgan fingerprint density at radius 2 is 2.16 bits per heavy atom. The van der Waals surface area contributed by atoms with Crippen molar-refractivity contribution in [3.63, 3.8) is 0 Å². The van der Waals surface area contributed by atoms with Crippen LogP contribution in [0.2, 0.25) is 0 Å². The fourth-order valence-electron chi connectivity index (χ4n) is 2.30. The van der Waals surface area contributed by atoms with Crippen LogP contribution in [0.4, 0.5) is 4.39 Å². The average Bonchev–Trinajstić information content (AvgIpc) is 2.87. The predicted octanol–water partition coefficient (Wildman–Crippen LogP) is 2.07. The summed E-state index contributed by atoms with van der Waals surface area (Å²) < 4.78 is 12.7. The molecule has 1 aromatic carbocycles. The molecule has 1 unspecified atom stereocenters. The van der Waals surface area contributed by atoms with Crippen LogP contribution in [0, 0.1) is 11.7 Å². The fourth-order valence-corrected chi connectivity index (χ4v) is 2.30. The third kappa shape index (κ3) is 3.89. The van der Waals surface area contributed by atoms with Crippen LogP contribution in [-0.4, -0.2) is 35.6 Å². The zero-order chi connectivity index (χ0) is 13.7. The third-order valence-corrected chi connectivity index (χ3v) is 3.42. The highest BCUT2D eigenvalue weighted by molar-refractivity contribution is 5.91. The van der Waals surface area contributed by atoms with E-state index in [2.05, 4.69) is 0 Å². The Labute approximate surface area is 112 Å². The lowest BCUT2D eigenvalue weighted by molar-refractivity contribution is -0.125. The zero-order valence-corrected chi connectivity index (χ0v) is 10.8. The number of halogens is 1. The molecule has 1 fully saturated rings. The van der Waals surface area contributed by atoms with E-state index in [9.17, 15) is 9.18 Å². The summed E-state index contributed by atoms with van der Waals surface area (Å²) in [6, 6.07) is 6.02. The van der Waals surface area contributed by atoms with Gasteiger partial charge in [-0.25, -0.2) is 4.39 Å². The maximum Gasteiger partial charge on any atom is 0.246 e. The van der Waals surface area contributed by atoms with Gasteiger partial charge in [-0.3, -0.25) is 4.79 Å². The summed E-state index contributed by atoms with van der Waals surface area (Å²) in [6.45, 7) is 1.64. The van der Waals surface area contributed by atoms with Gasteiger partial charge in [0.1, 0.15) is 5.82 Å². The summed E-state index contributed by atoms with van der Waals surface area (Å²) in [4.78, 5) is 13.7. The van der Waals surface area contributed by atoms with Crippen molar-refractivity contribution in [1.29, 1.82) is 0 Å². The molecule has 0 radical (unpaired) electrons. The first-order chi connectivity index (χ1) is 9.19. The summed E-state index contributed by atoms with van der Waals surface area (Å²) >= 11 is 0. The van der Waals surface area contributed by atoms with E-state index in [4.69, 9.17) is 5.11 Å². The van der Waals surface area contributed by atoms with Crippen molar-refractivity contribution in [2.75, 3.05) is 19.7 Å². The molecular formula is C15H18FNO2. The standard InChI is InChI=1S/C15H18FNO2/c16-14-4-1-12(2-5-14)3-6-15(19)17-9-7-13(11-17)8-10-18/h1-6,13,18H,7-11H2/b6-3+. The zero-order valence-electron chi connectivity index (χ0n) is 10.8. The molecule has 1 aliphatic rings. The number of carbonyl (C=O) groups is 1. The number of benzene rings is 1. The number of rotatable bonds is 4. The van der Waals surface area contributed by atoms with Gasteiger partial charge >= 0.3 is 0 Å². The van der Waals surface area contributed by atoms with Crippen LogP contribution in [-0.2, 0) is 4.79 Å². The van der Waals surface area contributed by atoms with Crippen LogP contribution >= 0.6 is 0 Å². The van der Waals surface area contributed by atoms with Gasteiger partial charge in [0, 0.05) is 25.8 Å². The van der Waals surface area contributed by atoms with Gasteiger partial charge in [0.2, 0.25) is 5.91 Å². The molecule has 4 heteroatoms. The summed E-state index contributed by atoms with van der Waals surface area (Å²) in [7, 11) is 0. The second kappa shape index (κ2) is 6.48. The van der Waals surface area contributed by atoms with Crippen LogP contribution in [0.15, 0.2) is 30.3 Å². The van der Waals surface area contributed by atoms with E-state index in [0.29, 0.717) is 12.5 Å². The van der Waals surface area contributed by atoms with E-state index in [1.165, 1.54) is 18.2 Å². The van der Waals surface area contributed by atoms with Crippen LogP contribution in [0.1, 0.15) is 18.4 Å². The van der Waals surface area contributed by atoms with E-state index in [0.717, 1.165) is 24.9 Å². The first kappa shape index (κ1) is 13.7. The second-order valence-corrected chi connectivity index (χ2v) is 4.84. The van der Waals surface area contributed by atoms with Gasteiger partial charge in [-0.1, -0.05) is 12.1 Å². The molecule has 19 heavy (non-hydrogen) atoms. The Morgan fingerprint density at radius 1 is 1.42 bits per heavy atom. The Balaban J connectivity index is 1.89. The SMILES string of the molecule is O=C(/C=C/c1ccc(F)cc1)N1CCC(CCO)C1. The Kier molecular flexibility index (Phi) is 4.68. The van der Waals surface area contributed by atoms with Gasteiger partial charge in [0.15, 0.2) is 0 Å². The molecule has 1 atom stereocenters. The molecule has 1 amide bonds. The predicted molar refractivity (Wildman–Crippen MR) is 71.8 cm³/mol. The van der Waals surface area contributed by atoms with Gasteiger partial charge < -0.3 is 10.0 Å². The minimum absolute atomic E-state index is 0.0234. The largest absolute Gasteiger partial charge is 0.396 e. The lowest BCUT2D eigenvalue weighted by Gasteiger charge is -2.13. The van der Waals surface area contributed by atoms with Crippen LogP contribution < -0.4 is 0 Å². The van der Waals surface area contributed by atoms with Crippen molar-refractivity contribution >= 4 is 12.0 Å². The van der Waals surface area contributed by atoms with Crippen molar-refractivity contribution in [2.45, 2.75) is 12.8 Å². The molecule has 3 nitrogen and oxygen atoms in total. The number of hydrogen-bond donors (Lipinski definition) is 1. The molecule has 102 valence electrons. The second-order valence-electron chi connectivity index (χ2n) is 4.84. The fraction of sp³-hybridized carbons (Fsp3) is 0.400. The van der Waals surface area contributed by atoms with Gasteiger partial charge in [-0.2, -0.15) is 0 Å². The van der Waals surface area contributed by atoms with Gasteiger partial charge in [0.25, 0.3) is 0 Å². The molecule has 1 heterocycles. The van der Waals surface area contributed by atoms with Crippen molar-refractivity contribution < 1.29 is 14.3 Å². The van der Waals surface area contributed by atoms with E-state index < -0.39 is 0 Å². The Morgan fingerprint density at radius 3 is 2.84 bits per heavy atom. The Bertz CT molecular complexity index is 456. The molecule has 0 spiro atoms. The van der Waals surface area contributed by atoms with Crippen molar-refractivity contribution in [3.8, 4) is 0 Å². The normalized spacial score (nSPS) is 19.3. The number of aliphatic hydroxyl groups excluding tert-OH is 1. The number of aliphatic hydroxyl groups is 1. The van der Waals surface area contributed by atoms with Crippen molar-refractivity contribution in [1.82, 2.24) is 4.90 Å². The number of carbonyl (C=O) groups excluding carboxylic acids is 1. The lowest BCUT2D eigenvalue weighted by Crippen LogP contribution is -2.26. The highest BCUT2D eigenvalue weighted by Gasteiger charge is 2.24. The summed E-state index contributed by atoms with van der Waals surface area (Å²) in [5.74, 6) is 0.104. The van der Waals surface area contributed by atoms with Crippen LogP contribution in [0.3, 0.4) is 0 Å². The monoisotopic (exact) mass is 263 g/mol. The number of nitrogens with zero attached hydrogens (tertiary/aromatic N) is 1. The summed E-state index contributed by atoms with van der Waals surface area (Å²) in [5.41, 5.74) is 0.806. The maximum atomic E-state index is 12.7.